The second kappa shape index (κ2) is 11.7. The quantitative estimate of drug-likeness (QED) is 0.309. The van der Waals surface area contributed by atoms with Crippen molar-refractivity contribution in [3.05, 3.63) is 89.7 Å². The number of aryl methyl sites for hydroxylation is 1. The summed E-state index contributed by atoms with van der Waals surface area (Å²) in [5.74, 6) is 1.80. The SMILES string of the molecule is CCn1c(SCC(=O)NC(C)c2ccc(OCc3cccnc3)cc2)nnc1-c1cccc(C)c1. The van der Waals surface area contributed by atoms with Gasteiger partial charge in [0.1, 0.15) is 12.4 Å². The minimum atomic E-state index is -0.123. The van der Waals surface area contributed by atoms with Gasteiger partial charge in [-0.1, -0.05) is 53.7 Å². The van der Waals surface area contributed by atoms with Crippen molar-refractivity contribution in [3.8, 4) is 17.1 Å². The number of aromatic nitrogens is 4. The average molecular weight is 488 g/mol. The smallest absolute Gasteiger partial charge is 0.230 e. The topological polar surface area (TPSA) is 81.9 Å². The summed E-state index contributed by atoms with van der Waals surface area (Å²) < 4.78 is 7.85. The minimum absolute atomic E-state index is 0.0536. The Hall–Kier alpha value is -3.65. The maximum atomic E-state index is 12.6. The van der Waals surface area contributed by atoms with Gasteiger partial charge in [-0.15, -0.1) is 10.2 Å². The van der Waals surface area contributed by atoms with Gasteiger partial charge in [-0.3, -0.25) is 9.78 Å². The third-order valence-corrected chi connectivity index (χ3v) is 6.49. The molecular formula is C27H29N5O2S. The molecule has 1 atom stereocenters. The van der Waals surface area contributed by atoms with Gasteiger partial charge in [0.15, 0.2) is 11.0 Å². The van der Waals surface area contributed by atoms with Gasteiger partial charge in [-0.2, -0.15) is 0 Å². The summed E-state index contributed by atoms with van der Waals surface area (Å²) in [5.41, 5.74) is 4.22. The lowest BCUT2D eigenvalue weighted by atomic mass is 10.1. The molecule has 0 radical (unpaired) electrons. The Balaban J connectivity index is 1.30. The van der Waals surface area contributed by atoms with Gasteiger partial charge in [0.25, 0.3) is 0 Å². The number of ether oxygens (including phenoxy) is 1. The van der Waals surface area contributed by atoms with Crippen molar-refractivity contribution >= 4 is 17.7 Å². The van der Waals surface area contributed by atoms with Crippen molar-refractivity contribution in [3.63, 3.8) is 0 Å². The van der Waals surface area contributed by atoms with Gasteiger partial charge >= 0.3 is 0 Å². The Kier molecular flexibility index (Phi) is 8.15. The van der Waals surface area contributed by atoms with Crippen LogP contribution in [0.2, 0.25) is 0 Å². The van der Waals surface area contributed by atoms with Crippen LogP contribution in [0, 0.1) is 6.92 Å². The number of hydrogen-bond acceptors (Lipinski definition) is 6. The number of nitrogens with one attached hydrogen (secondary N) is 1. The zero-order valence-electron chi connectivity index (χ0n) is 20.1. The van der Waals surface area contributed by atoms with Gasteiger partial charge in [-0.25, -0.2) is 0 Å². The van der Waals surface area contributed by atoms with E-state index in [1.807, 2.05) is 60.0 Å². The fourth-order valence-corrected chi connectivity index (χ4v) is 4.49. The summed E-state index contributed by atoms with van der Waals surface area (Å²) >= 11 is 1.40. The predicted octanol–water partition coefficient (Wildman–Crippen LogP) is 5.22. The number of hydrogen-bond donors (Lipinski definition) is 1. The van der Waals surface area contributed by atoms with E-state index in [2.05, 4.69) is 46.5 Å². The van der Waals surface area contributed by atoms with Crippen LogP contribution in [0.3, 0.4) is 0 Å². The zero-order chi connectivity index (χ0) is 24.6. The van der Waals surface area contributed by atoms with Gasteiger partial charge in [0.2, 0.25) is 5.91 Å². The van der Waals surface area contributed by atoms with Gasteiger partial charge < -0.3 is 14.6 Å². The molecule has 0 aliphatic rings. The van der Waals surface area contributed by atoms with Crippen molar-refractivity contribution in [2.24, 2.45) is 0 Å². The standard InChI is InChI=1S/C27H29N5O2S/c1-4-32-26(23-9-5-7-19(2)15-23)30-31-27(32)35-18-25(33)29-20(3)22-10-12-24(13-11-22)34-17-21-8-6-14-28-16-21/h5-16,20H,4,17-18H2,1-3H3,(H,29,33). The van der Waals surface area contributed by atoms with Crippen molar-refractivity contribution in [2.75, 3.05) is 5.75 Å². The molecular weight excluding hydrogens is 458 g/mol. The van der Waals surface area contributed by atoms with Crippen LogP contribution in [-0.4, -0.2) is 31.4 Å². The number of thioether (sulfide) groups is 1. The first kappa shape index (κ1) is 24.5. The third kappa shape index (κ3) is 6.48. The molecule has 0 fully saturated rings. The number of benzene rings is 2. The van der Waals surface area contributed by atoms with E-state index in [-0.39, 0.29) is 17.7 Å². The Morgan fingerprint density at radius 1 is 1.11 bits per heavy atom. The van der Waals surface area contributed by atoms with Crippen molar-refractivity contribution < 1.29 is 9.53 Å². The molecule has 7 nitrogen and oxygen atoms in total. The molecule has 180 valence electrons. The average Bonchev–Trinajstić information content (AvgIpc) is 3.30. The van der Waals surface area contributed by atoms with Crippen LogP contribution in [0.25, 0.3) is 11.4 Å². The molecule has 35 heavy (non-hydrogen) atoms. The molecule has 8 heteroatoms. The molecule has 0 spiro atoms. The summed E-state index contributed by atoms with van der Waals surface area (Å²) in [4.78, 5) is 16.7. The first-order valence-electron chi connectivity index (χ1n) is 11.6. The molecule has 0 aliphatic heterocycles. The van der Waals surface area contributed by atoms with E-state index < -0.39 is 0 Å². The molecule has 0 bridgehead atoms. The molecule has 1 amide bonds. The van der Waals surface area contributed by atoms with E-state index in [0.717, 1.165) is 40.0 Å². The summed E-state index contributed by atoms with van der Waals surface area (Å²) in [6.45, 7) is 7.27. The minimum Gasteiger partial charge on any atom is -0.489 e. The number of carbonyl (C=O) groups excluding carboxylic acids is 1. The normalized spacial score (nSPS) is 11.7. The van der Waals surface area contributed by atoms with E-state index in [4.69, 9.17) is 4.74 Å². The first-order valence-corrected chi connectivity index (χ1v) is 12.6. The van der Waals surface area contributed by atoms with E-state index in [0.29, 0.717) is 6.61 Å². The van der Waals surface area contributed by atoms with Crippen LogP contribution >= 0.6 is 11.8 Å². The van der Waals surface area contributed by atoms with E-state index in [1.54, 1.807) is 12.4 Å². The van der Waals surface area contributed by atoms with E-state index in [9.17, 15) is 4.79 Å². The highest BCUT2D eigenvalue weighted by Crippen LogP contribution is 2.25. The molecule has 0 aliphatic carbocycles. The molecule has 2 aromatic carbocycles. The lowest BCUT2D eigenvalue weighted by Gasteiger charge is -2.15. The Labute approximate surface area is 210 Å². The van der Waals surface area contributed by atoms with Crippen LogP contribution in [0.4, 0.5) is 0 Å². The second-order valence-electron chi connectivity index (χ2n) is 8.22. The van der Waals surface area contributed by atoms with Crippen LogP contribution in [0.15, 0.2) is 78.2 Å². The third-order valence-electron chi connectivity index (χ3n) is 5.53. The van der Waals surface area contributed by atoms with Crippen LogP contribution in [0.1, 0.15) is 36.6 Å². The molecule has 4 rings (SSSR count). The lowest BCUT2D eigenvalue weighted by Crippen LogP contribution is -2.28. The first-order chi connectivity index (χ1) is 17.0. The van der Waals surface area contributed by atoms with E-state index in [1.165, 1.54) is 17.3 Å². The Morgan fingerprint density at radius 2 is 1.94 bits per heavy atom. The Bertz CT molecular complexity index is 1260. The number of rotatable bonds is 10. The molecule has 1 N–H and O–H groups in total. The highest BCUT2D eigenvalue weighted by atomic mass is 32.2. The summed E-state index contributed by atoms with van der Waals surface area (Å²) in [5, 5.41) is 12.5. The second-order valence-corrected chi connectivity index (χ2v) is 9.16. The number of amides is 1. The lowest BCUT2D eigenvalue weighted by molar-refractivity contribution is -0.119. The molecule has 1 unspecified atom stereocenters. The Morgan fingerprint density at radius 3 is 2.66 bits per heavy atom. The van der Waals surface area contributed by atoms with Crippen LogP contribution in [-0.2, 0) is 17.9 Å². The number of pyridine rings is 1. The fraction of sp³-hybridized carbons (Fsp3) is 0.259. The molecule has 0 saturated heterocycles. The van der Waals surface area contributed by atoms with Crippen molar-refractivity contribution in [1.29, 1.82) is 0 Å². The maximum Gasteiger partial charge on any atom is 0.230 e. The highest BCUT2D eigenvalue weighted by molar-refractivity contribution is 7.99. The van der Waals surface area contributed by atoms with Crippen molar-refractivity contribution in [1.82, 2.24) is 25.1 Å². The van der Waals surface area contributed by atoms with Crippen LogP contribution < -0.4 is 10.1 Å². The van der Waals surface area contributed by atoms with E-state index >= 15 is 0 Å². The largest absolute Gasteiger partial charge is 0.489 e. The summed E-state index contributed by atoms with van der Waals surface area (Å²) in [6, 6.07) is 19.7. The van der Waals surface area contributed by atoms with Gasteiger partial charge in [0, 0.05) is 30.1 Å². The van der Waals surface area contributed by atoms with Crippen molar-refractivity contribution in [2.45, 2.75) is 45.1 Å². The zero-order valence-corrected chi connectivity index (χ0v) is 21.0. The predicted molar refractivity (Wildman–Crippen MR) is 138 cm³/mol. The van der Waals surface area contributed by atoms with Crippen LogP contribution in [0.5, 0.6) is 5.75 Å². The fourth-order valence-electron chi connectivity index (χ4n) is 3.68. The highest BCUT2D eigenvalue weighted by Gasteiger charge is 2.16. The summed E-state index contributed by atoms with van der Waals surface area (Å²) in [7, 11) is 0. The van der Waals surface area contributed by atoms with Gasteiger partial charge in [-0.05, 0) is 50.6 Å². The molecule has 2 heterocycles. The maximum absolute atomic E-state index is 12.6. The molecule has 4 aromatic rings. The number of nitrogens with zero attached hydrogens (tertiary/aromatic N) is 4. The molecule has 2 aromatic heterocycles. The monoisotopic (exact) mass is 487 g/mol. The van der Waals surface area contributed by atoms with Gasteiger partial charge in [0.05, 0.1) is 11.8 Å². The number of carbonyl (C=O) groups is 1. The molecule has 0 saturated carbocycles. The summed E-state index contributed by atoms with van der Waals surface area (Å²) in [6.07, 6.45) is 3.53.